The number of ether oxygens (including phenoxy) is 4. The van der Waals surface area contributed by atoms with Gasteiger partial charge >= 0.3 is 12.1 Å². The van der Waals surface area contributed by atoms with Gasteiger partial charge in [0.05, 0.1) is 7.11 Å². The molecule has 0 aliphatic rings. The van der Waals surface area contributed by atoms with Crippen LogP contribution in [0.2, 0.25) is 0 Å². The number of methoxy groups -OCH3 is 1. The predicted octanol–water partition coefficient (Wildman–Crippen LogP) is 7.81. The maximum absolute atomic E-state index is 12.5. The van der Waals surface area contributed by atoms with Gasteiger partial charge in [-0.15, -0.1) is 0 Å². The molecule has 0 heterocycles. The summed E-state index contributed by atoms with van der Waals surface area (Å²) in [5.74, 6) is 1.80. The zero-order valence-corrected chi connectivity index (χ0v) is 23.0. The van der Waals surface area contributed by atoms with Crippen LogP contribution in [0.15, 0.2) is 84.9 Å². The Morgan fingerprint density at radius 2 is 1.08 bits per heavy atom. The van der Waals surface area contributed by atoms with Gasteiger partial charge in [0.15, 0.2) is 0 Å². The number of benzene rings is 4. The van der Waals surface area contributed by atoms with E-state index in [9.17, 15) is 9.59 Å². The minimum absolute atomic E-state index is 0.324. The fraction of sp³-hybridized carbons (Fsp3) is 0.212. The van der Waals surface area contributed by atoms with Crippen LogP contribution in [0.4, 0.5) is 4.79 Å². The number of hydrogen-bond donors (Lipinski definition) is 0. The normalized spacial score (nSPS) is 11.0. The zero-order valence-electron chi connectivity index (χ0n) is 23.0. The molecule has 0 unspecified atom stereocenters. The van der Waals surface area contributed by atoms with E-state index in [0.29, 0.717) is 17.2 Å². The molecule has 4 aromatic rings. The van der Waals surface area contributed by atoms with Gasteiger partial charge in [-0.3, -0.25) is 4.79 Å². The van der Waals surface area contributed by atoms with Gasteiger partial charge in [0.25, 0.3) is 0 Å². The second-order valence-electron chi connectivity index (χ2n) is 9.89. The molecule has 4 aromatic carbocycles. The first-order valence-electron chi connectivity index (χ1n) is 12.6. The first kappa shape index (κ1) is 27.5. The molecule has 39 heavy (non-hydrogen) atoms. The average molecular weight is 525 g/mol. The number of hydrogen-bond acceptors (Lipinski definition) is 6. The third-order valence-electron chi connectivity index (χ3n) is 6.71. The van der Waals surface area contributed by atoms with Gasteiger partial charge in [-0.05, 0) is 95.8 Å². The van der Waals surface area contributed by atoms with Gasteiger partial charge in [0.1, 0.15) is 23.0 Å². The molecule has 0 amide bonds. The minimum atomic E-state index is -0.806. The molecule has 0 spiro atoms. The van der Waals surface area contributed by atoms with Gasteiger partial charge in [-0.25, -0.2) is 4.79 Å². The standard InChI is InChI=1S/C33H32O6/c1-21-19-24(7-17-30(21)36-6)25-8-18-31(22(2)20-25)39-32(35)38-29-15-11-27(12-16-29)33(4,5)26-9-13-28(14-10-26)37-23(3)34/h7-20H,1-6H3. The second-order valence-corrected chi connectivity index (χ2v) is 9.89. The lowest BCUT2D eigenvalue weighted by Gasteiger charge is -2.26. The Balaban J connectivity index is 1.40. The second kappa shape index (κ2) is 11.4. The van der Waals surface area contributed by atoms with Crippen molar-refractivity contribution in [1.29, 1.82) is 0 Å². The molecule has 200 valence electrons. The minimum Gasteiger partial charge on any atom is -0.496 e. The molecule has 6 heteroatoms. The monoisotopic (exact) mass is 524 g/mol. The Morgan fingerprint density at radius 1 is 0.615 bits per heavy atom. The SMILES string of the molecule is COc1ccc(-c2ccc(OC(=O)Oc3ccc(C(C)(C)c4ccc(OC(C)=O)cc4)cc3)c(C)c2)cc1C. The number of esters is 1. The van der Waals surface area contributed by atoms with E-state index in [-0.39, 0.29) is 11.4 Å². The van der Waals surface area contributed by atoms with E-state index in [1.807, 2.05) is 62.4 Å². The van der Waals surface area contributed by atoms with Crippen LogP contribution >= 0.6 is 0 Å². The predicted molar refractivity (Wildman–Crippen MR) is 151 cm³/mol. The van der Waals surface area contributed by atoms with Crippen LogP contribution in [0.25, 0.3) is 11.1 Å². The summed E-state index contributed by atoms with van der Waals surface area (Å²) >= 11 is 0. The molecule has 4 rings (SSSR count). The van der Waals surface area contributed by atoms with Crippen molar-refractivity contribution in [2.24, 2.45) is 0 Å². The Labute approximate surface area is 229 Å². The van der Waals surface area contributed by atoms with Crippen molar-refractivity contribution in [3.8, 4) is 34.1 Å². The summed E-state index contributed by atoms with van der Waals surface area (Å²) in [6.07, 6.45) is -0.806. The van der Waals surface area contributed by atoms with Crippen molar-refractivity contribution < 1.29 is 28.5 Å². The lowest BCUT2D eigenvalue weighted by atomic mass is 9.78. The van der Waals surface area contributed by atoms with Crippen molar-refractivity contribution in [3.05, 3.63) is 107 Å². The highest BCUT2D eigenvalue weighted by atomic mass is 16.7. The number of carbonyl (C=O) groups is 2. The van der Waals surface area contributed by atoms with Crippen LogP contribution in [0.3, 0.4) is 0 Å². The van der Waals surface area contributed by atoms with E-state index in [1.54, 1.807) is 37.4 Å². The van der Waals surface area contributed by atoms with Gasteiger partial charge in [-0.1, -0.05) is 50.2 Å². The molecular weight excluding hydrogens is 492 g/mol. The molecule has 0 aliphatic heterocycles. The van der Waals surface area contributed by atoms with Crippen molar-refractivity contribution in [2.45, 2.75) is 40.0 Å². The molecule has 0 fully saturated rings. The molecule has 0 saturated carbocycles. The lowest BCUT2D eigenvalue weighted by molar-refractivity contribution is -0.131. The van der Waals surface area contributed by atoms with E-state index in [0.717, 1.165) is 39.1 Å². The molecule has 0 atom stereocenters. The van der Waals surface area contributed by atoms with Crippen LogP contribution < -0.4 is 18.9 Å². The van der Waals surface area contributed by atoms with Gasteiger partial charge in [0.2, 0.25) is 0 Å². The molecule has 0 radical (unpaired) electrons. The van der Waals surface area contributed by atoms with Crippen molar-refractivity contribution >= 4 is 12.1 Å². The fourth-order valence-corrected chi connectivity index (χ4v) is 4.42. The third kappa shape index (κ3) is 6.47. The van der Waals surface area contributed by atoms with E-state index in [2.05, 4.69) is 19.9 Å². The number of rotatable bonds is 7. The van der Waals surface area contributed by atoms with E-state index in [4.69, 9.17) is 18.9 Å². The van der Waals surface area contributed by atoms with Crippen LogP contribution in [0.5, 0.6) is 23.0 Å². The van der Waals surface area contributed by atoms with Crippen molar-refractivity contribution in [1.82, 2.24) is 0 Å². The Bertz CT molecular complexity index is 1480. The van der Waals surface area contributed by atoms with E-state index < -0.39 is 6.16 Å². The van der Waals surface area contributed by atoms with Crippen LogP contribution in [-0.4, -0.2) is 19.2 Å². The average Bonchev–Trinajstić information content (AvgIpc) is 2.90. The largest absolute Gasteiger partial charge is 0.519 e. The maximum atomic E-state index is 12.5. The van der Waals surface area contributed by atoms with Gasteiger partial charge in [0, 0.05) is 12.3 Å². The molecule has 0 aromatic heterocycles. The summed E-state index contributed by atoms with van der Waals surface area (Å²) < 4.78 is 21.4. The first-order valence-corrected chi connectivity index (χ1v) is 12.6. The molecule has 0 saturated heterocycles. The fourth-order valence-electron chi connectivity index (χ4n) is 4.42. The summed E-state index contributed by atoms with van der Waals surface area (Å²) in [5, 5.41) is 0. The van der Waals surface area contributed by atoms with E-state index in [1.165, 1.54) is 6.92 Å². The quantitative estimate of drug-likeness (QED) is 0.139. The maximum Gasteiger partial charge on any atom is 0.519 e. The summed E-state index contributed by atoms with van der Waals surface area (Å²) in [7, 11) is 1.65. The molecule has 0 aliphatic carbocycles. The van der Waals surface area contributed by atoms with E-state index >= 15 is 0 Å². The highest BCUT2D eigenvalue weighted by Crippen LogP contribution is 2.34. The zero-order chi connectivity index (χ0) is 28.2. The summed E-state index contributed by atoms with van der Waals surface area (Å²) in [4.78, 5) is 23.7. The van der Waals surface area contributed by atoms with Crippen LogP contribution in [0.1, 0.15) is 43.0 Å². The van der Waals surface area contributed by atoms with Gasteiger partial charge < -0.3 is 18.9 Å². The Kier molecular flexibility index (Phi) is 8.05. The molecule has 6 nitrogen and oxygen atoms in total. The first-order chi connectivity index (χ1) is 18.6. The summed E-state index contributed by atoms with van der Waals surface area (Å²) in [6.45, 7) is 9.45. The van der Waals surface area contributed by atoms with Crippen LogP contribution in [-0.2, 0) is 10.2 Å². The van der Waals surface area contributed by atoms with Crippen LogP contribution in [0, 0.1) is 13.8 Å². The highest BCUT2D eigenvalue weighted by molar-refractivity contribution is 5.71. The summed E-state index contributed by atoms with van der Waals surface area (Å²) in [6, 6.07) is 26.4. The highest BCUT2D eigenvalue weighted by Gasteiger charge is 2.23. The Hall–Kier alpha value is -4.58. The number of aryl methyl sites for hydroxylation is 2. The third-order valence-corrected chi connectivity index (χ3v) is 6.71. The lowest BCUT2D eigenvalue weighted by Crippen LogP contribution is -2.19. The van der Waals surface area contributed by atoms with Crippen molar-refractivity contribution in [2.75, 3.05) is 7.11 Å². The Morgan fingerprint density at radius 3 is 1.51 bits per heavy atom. The molecule has 0 bridgehead atoms. The smallest absolute Gasteiger partial charge is 0.496 e. The number of carbonyl (C=O) groups excluding carboxylic acids is 2. The molecular formula is C33H32O6. The van der Waals surface area contributed by atoms with Crippen molar-refractivity contribution in [3.63, 3.8) is 0 Å². The molecule has 0 N–H and O–H groups in total. The topological polar surface area (TPSA) is 71.1 Å². The van der Waals surface area contributed by atoms with Gasteiger partial charge in [-0.2, -0.15) is 0 Å². The summed E-state index contributed by atoms with van der Waals surface area (Å²) in [5.41, 5.74) is 5.68.